The van der Waals surface area contributed by atoms with E-state index >= 15 is 0 Å². The minimum Gasteiger partial charge on any atom is -0.350 e. The molecule has 0 aliphatic carbocycles. The molecule has 2 rings (SSSR count). The first kappa shape index (κ1) is 16.2. The number of hydrogen-bond donors (Lipinski definition) is 1. The molecular formula is C16H19BrN2OS. The number of carbonyl (C=O) groups is 1. The maximum Gasteiger partial charge on any atom is 0.237 e. The Kier molecular flexibility index (Phi) is 5.96. The predicted molar refractivity (Wildman–Crippen MR) is 91.2 cm³/mol. The number of nitrogens with zero attached hydrogens (tertiary/aromatic N) is 1. The van der Waals surface area contributed by atoms with Crippen molar-refractivity contribution in [2.75, 3.05) is 7.05 Å². The van der Waals surface area contributed by atoms with Gasteiger partial charge in [-0.3, -0.25) is 9.69 Å². The fourth-order valence-corrected chi connectivity index (χ4v) is 2.86. The Hall–Kier alpha value is -1.17. The summed E-state index contributed by atoms with van der Waals surface area (Å²) in [6.45, 7) is 3.29. The predicted octanol–water partition coefficient (Wildman–Crippen LogP) is 3.65. The van der Waals surface area contributed by atoms with Gasteiger partial charge in [-0.05, 0) is 43.1 Å². The van der Waals surface area contributed by atoms with Crippen LogP contribution in [0.1, 0.15) is 17.4 Å². The monoisotopic (exact) mass is 366 g/mol. The third-order valence-corrected chi connectivity index (χ3v) is 4.81. The first-order valence-corrected chi connectivity index (χ1v) is 8.48. The lowest BCUT2D eigenvalue weighted by atomic mass is 10.2. The molecule has 2 aromatic rings. The van der Waals surface area contributed by atoms with Gasteiger partial charge in [0.2, 0.25) is 5.91 Å². The summed E-state index contributed by atoms with van der Waals surface area (Å²) < 4.78 is 1.07. The van der Waals surface area contributed by atoms with Crippen LogP contribution < -0.4 is 5.32 Å². The highest BCUT2D eigenvalue weighted by Gasteiger charge is 2.17. The van der Waals surface area contributed by atoms with Crippen LogP contribution >= 0.6 is 27.3 Å². The molecule has 0 fully saturated rings. The molecule has 1 N–H and O–H groups in total. The molecule has 0 spiro atoms. The van der Waals surface area contributed by atoms with Gasteiger partial charge in [0.05, 0.1) is 12.6 Å². The highest BCUT2D eigenvalue weighted by molar-refractivity contribution is 9.10. The smallest absolute Gasteiger partial charge is 0.237 e. The summed E-state index contributed by atoms with van der Waals surface area (Å²) in [6, 6.07) is 12.0. The number of nitrogens with one attached hydrogen (secondary N) is 1. The Morgan fingerprint density at radius 1 is 1.33 bits per heavy atom. The van der Waals surface area contributed by atoms with Crippen LogP contribution in [0.3, 0.4) is 0 Å². The molecule has 1 aromatic heterocycles. The molecule has 112 valence electrons. The quantitative estimate of drug-likeness (QED) is 0.845. The van der Waals surface area contributed by atoms with Crippen LogP contribution in [-0.2, 0) is 17.9 Å². The standard InChI is InChI=1S/C16H19BrN2OS/c1-12(16(20)18-10-15-4-3-9-21-15)19(2)11-13-5-7-14(17)8-6-13/h3-9,12H,10-11H2,1-2H3,(H,18,20). The molecule has 0 saturated carbocycles. The molecule has 1 atom stereocenters. The van der Waals surface area contributed by atoms with E-state index in [1.54, 1.807) is 11.3 Å². The minimum absolute atomic E-state index is 0.0583. The van der Waals surface area contributed by atoms with Gasteiger partial charge in [0.15, 0.2) is 0 Å². The molecule has 0 aliphatic rings. The van der Waals surface area contributed by atoms with Gasteiger partial charge in [0.25, 0.3) is 0 Å². The fourth-order valence-electron chi connectivity index (χ4n) is 1.95. The molecule has 21 heavy (non-hydrogen) atoms. The number of carbonyl (C=O) groups excluding carboxylic acids is 1. The molecule has 0 aliphatic heterocycles. The first-order chi connectivity index (χ1) is 10.1. The molecule has 3 nitrogen and oxygen atoms in total. The zero-order valence-corrected chi connectivity index (χ0v) is 14.6. The Bertz CT molecular complexity index is 568. The highest BCUT2D eigenvalue weighted by Crippen LogP contribution is 2.13. The molecule has 1 heterocycles. The second-order valence-corrected chi connectivity index (χ2v) is 6.96. The summed E-state index contributed by atoms with van der Waals surface area (Å²) >= 11 is 5.08. The van der Waals surface area contributed by atoms with Crippen molar-refractivity contribution in [1.82, 2.24) is 10.2 Å². The van der Waals surface area contributed by atoms with Crippen molar-refractivity contribution < 1.29 is 4.79 Å². The van der Waals surface area contributed by atoms with Crippen molar-refractivity contribution in [2.45, 2.75) is 26.1 Å². The maximum atomic E-state index is 12.2. The summed E-state index contributed by atoms with van der Waals surface area (Å²) in [5, 5.41) is 5.00. The molecule has 1 aromatic carbocycles. The van der Waals surface area contributed by atoms with Crippen molar-refractivity contribution in [3.05, 3.63) is 56.7 Å². The first-order valence-electron chi connectivity index (χ1n) is 6.81. The zero-order chi connectivity index (χ0) is 15.2. The number of thiophene rings is 1. The van der Waals surface area contributed by atoms with Crippen molar-refractivity contribution in [2.24, 2.45) is 0 Å². The lowest BCUT2D eigenvalue weighted by molar-refractivity contribution is -0.125. The molecule has 0 radical (unpaired) electrons. The van der Waals surface area contributed by atoms with Gasteiger partial charge < -0.3 is 5.32 Å². The largest absolute Gasteiger partial charge is 0.350 e. The second-order valence-electron chi connectivity index (χ2n) is 5.01. The van der Waals surface area contributed by atoms with Gasteiger partial charge in [0.1, 0.15) is 0 Å². The topological polar surface area (TPSA) is 32.3 Å². The SMILES string of the molecule is CC(C(=O)NCc1cccs1)N(C)Cc1ccc(Br)cc1. The van der Waals surface area contributed by atoms with Crippen LogP contribution in [0.5, 0.6) is 0 Å². The van der Waals surface area contributed by atoms with Gasteiger partial charge in [-0.15, -0.1) is 11.3 Å². The highest BCUT2D eigenvalue weighted by atomic mass is 79.9. The van der Waals surface area contributed by atoms with Crippen molar-refractivity contribution in [3.8, 4) is 0 Å². The number of benzene rings is 1. The van der Waals surface area contributed by atoms with Crippen molar-refractivity contribution >= 4 is 33.2 Å². The molecule has 0 saturated heterocycles. The van der Waals surface area contributed by atoms with E-state index in [0.717, 1.165) is 11.0 Å². The lowest BCUT2D eigenvalue weighted by Gasteiger charge is -2.23. The van der Waals surface area contributed by atoms with E-state index in [9.17, 15) is 4.79 Å². The third kappa shape index (κ3) is 4.95. The number of rotatable bonds is 6. The van der Waals surface area contributed by atoms with Crippen LogP contribution in [0.15, 0.2) is 46.3 Å². The van der Waals surface area contributed by atoms with Gasteiger partial charge in [0, 0.05) is 15.9 Å². The van der Waals surface area contributed by atoms with Gasteiger partial charge in [-0.25, -0.2) is 0 Å². The van der Waals surface area contributed by atoms with Crippen LogP contribution in [0.4, 0.5) is 0 Å². The van der Waals surface area contributed by atoms with Crippen LogP contribution in [-0.4, -0.2) is 23.9 Å². The number of amides is 1. The van der Waals surface area contributed by atoms with E-state index in [4.69, 9.17) is 0 Å². The van der Waals surface area contributed by atoms with Crippen LogP contribution in [0.25, 0.3) is 0 Å². The van der Waals surface area contributed by atoms with Gasteiger partial charge in [-0.2, -0.15) is 0 Å². The number of likely N-dealkylation sites (N-methyl/N-ethyl adjacent to an activating group) is 1. The van der Waals surface area contributed by atoms with E-state index in [1.165, 1.54) is 10.4 Å². The Morgan fingerprint density at radius 2 is 2.05 bits per heavy atom. The zero-order valence-electron chi connectivity index (χ0n) is 12.2. The summed E-state index contributed by atoms with van der Waals surface area (Å²) in [7, 11) is 1.97. The summed E-state index contributed by atoms with van der Waals surface area (Å²) in [5.74, 6) is 0.0583. The molecule has 0 bridgehead atoms. The fraction of sp³-hybridized carbons (Fsp3) is 0.312. The minimum atomic E-state index is -0.159. The Morgan fingerprint density at radius 3 is 2.67 bits per heavy atom. The second kappa shape index (κ2) is 7.73. The Labute approximate surface area is 138 Å². The summed E-state index contributed by atoms with van der Waals surface area (Å²) in [4.78, 5) is 15.4. The summed E-state index contributed by atoms with van der Waals surface area (Å²) in [5.41, 5.74) is 1.19. The number of halogens is 1. The molecule has 1 unspecified atom stereocenters. The van der Waals surface area contributed by atoms with Crippen molar-refractivity contribution in [1.29, 1.82) is 0 Å². The molecule has 5 heteroatoms. The average molecular weight is 367 g/mol. The lowest BCUT2D eigenvalue weighted by Crippen LogP contribution is -2.42. The number of hydrogen-bond acceptors (Lipinski definition) is 3. The average Bonchev–Trinajstić information content (AvgIpc) is 2.99. The van der Waals surface area contributed by atoms with Crippen LogP contribution in [0.2, 0.25) is 0 Å². The third-order valence-electron chi connectivity index (χ3n) is 3.40. The van der Waals surface area contributed by atoms with E-state index in [1.807, 2.05) is 48.5 Å². The van der Waals surface area contributed by atoms with E-state index in [-0.39, 0.29) is 11.9 Å². The normalized spacial score (nSPS) is 12.4. The van der Waals surface area contributed by atoms with Crippen LogP contribution in [0, 0.1) is 0 Å². The molecule has 1 amide bonds. The van der Waals surface area contributed by atoms with E-state index in [2.05, 4.69) is 33.4 Å². The summed E-state index contributed by atoms with van der Waals surface area (Å²) in [6.07, 6.45) is 0. The van der Waals surface area contributed by atoms with Crippen molar-refractivity contribution in [3.63, 3.8) is 0 Å². The Balaban J connectivity index is 1.84. The maximum absolute atomic E-state index is 12.2. The molecular weight excluding hydrogens is 348 g/mol. The van der Waals surface area contributed by atoms with E-state index < -0.39 is 0 Å². The van der Waals surface area contributed by atoms with E-state index in [0.29, 0.717) is 6.54 Å². The van der Waals surface area contributed by atoms with Gasteiger partial charge >= 0.3 is 0 Å². The van der Waals surface area contributed by atoms with Gasteiger partial charge in [-0.1, -0.05) is 34.1 Å².